The molecule has 0 saturated carbocycles. The largest absolute Gasteiger partial charge is 0.458 e. The van der Waals surface area contributed by atoms with E-state index < -0.39 is 40.6 Å². The number of hydrogen-bond acceptors (Lipinski definition) is 7. The molecule has 11 heteroatoms. The first-order chi connectivity index (χ1) is 18.3. The molecule has 2 aliphatic heterocycles. The summed E-state index contributed by atoms with van der Waals surface area (Å²) < 4.78 is 19.6. The molecule has 4 aromatic rings. The minimum atomic E-state index is -1.16. The maximum absolute atomic E-state index is 13.7. The van der Waals surface area contributed by atoms with Gasteiger partial charge in [0.25, 0.3) is 11.6 Å². The molecule has 0 unspecified atom stereocenters. The molecule has 0 aliphatic carbocycles. The number of hydrogen-bond donors (Lipinski definition) is 0. The molecule has 9 nitrogen and oxygen atoms in total. The highest BCUT2D eigenvalue weighted by atomic mass is 35.5. The highest BCUT2D eigenvalue weighted by molar-refractivity contribution is 6.31. The number of nitrogens with zero attached hydrogens (tertiary/aromatic N) is 3. The van der Waals surface area contributed by atoms with E-state index in [1.54, 1.807) is 36.4 Å². The van der Waals surface area contributed by atoms with Crippen molar-refractivity contribution < 1.29 is 28.2 Å². The number of carbonyl (C=O) groups is 2. The summed E-state index contributed by atoms with van der Waals surface area (Å²) in [5, 5.41) is 13.3. The number of rotatable bonds is 5. The Morgan fingerprint density at radius 3 is 2.34 bits per heavy atom. The molecule has 2 fully saturated rings. The second-order valence-electron chi connectivity index (χ2n) is 8.77. The van der Waals surface area contributed by atoms with Gasteiger partial charge in [-0.05, 0) is 60.7 Å². The zero-order chi connectivity index (χ0) is 26.6. The van der Waals surface area contributed by atoms with Crippen LogP contribution < -0.4 is 9.96 Å². The molecule has 2 aliphatic rings. The minimum Gasteiger partial charge on any atom is -0.458 e. The fourth-order valence-corrected chi connectivity index (χ4v) is 5.03. The van der Waals surface area contributed by atoms with E-state index in [1.807, 2.05) is 6.07 Å². The van der Waals surface area contributed by atoms with Crippen LogP contribution in [-0.2, 0) is 14.4 Å². The lowest BCUT2D eigenvalue weighted by atomic mass is 9.94. The molecular weight excluding hydrogens is 517 g/mol. The topological polar surface area (TPSA) is 106 Å². The summed E-state index contributed by atoms with van der Waals surface area (Å²) in [6, 6.07) is 20.4. The number of anilines is 2. The molecule has 1 aromatic heterocycles. The van der Waals surface area contributed by atoms with Gasteiger partial charge in [-0.1, -0.05) is 29.8 Å². The predicted molar refractivity (Wildman–Crippen MR) is 135 cm³/mol. The first-order valence-corrected chi connectivity index (χ1v) is 11.9. The van der Waals surface area contributed by atoms with Gasteiger partial charge in [0, 0.05) is 11.1 Å². The van der Waals surface area contributed by atoms with Crippen LogP contribution in [0.25, 0.3) is 11.3 Å². The molecule has 190 valence electrons. The molecule has 0 spiro atoms. The van der Waals surface area contributed by atoms with Crippen molar-refractivity contribution in [2.24, 2.45) is 5.92 Å². The van der Waals surface area contributed by atoms with E-state index in [0.29, 0.717) is 5.69 Å². The molecular formula is C27H17ClFN3O6. The Kier molecular flexibility index (Phi) is 5.70. The second-order valence-corrected chi connectivity index (χ2v) is 9.20. The van der Waals surface area contributed by atoms with Gasteiger partial charge in [-0.3, -0.25) is 24.5 Å². The number of nitro benzene ring substituents is 1. The zero-order valence-corrected chi connectivity index (χ0v) is 20.1. The van der Waals surface area contributed by atoms with Gasteiger partial charge in [-0.25, -0.2) is 14.4 Å². The van der Waals surface area contributed by atoms with Crippen LogP contribution in [0.3, 0.4) is 0 Å². The number of carbonyl (C=O) groups excluding carboxylic acids is 2. The summed E-state index contributed by atoms with van der Waals surface area (Å²) in [4.78, 5) is 45.1. The van der Waals surface area contributed by atoms with Crippen LogP contribution in [0.4, 0.5) is 21.5 Å². The number of halogens is 2. The summed E-state index contributed by atoms with van der Waals surface area (Å²) in [6.07, 6.45) is -1.16. The smallest absolute Gasteiger partial charge is 0.281 e. The minimum absolute atomic E-state index is 0.187. The van der Waals surface area contributed by atoms with Crippen LogP contribution in [0, 0.1) is 21.8 Å². The fourth-order valence-electron chi connectivity index (χ4n) is 4.87. The van der Waals surface area contributed by atoms with Gasteiger partial charge in [-0.2, -0.15) is 0 Å². The lowest BCUT2D eigenvalue weighted by Crippen LogP contribution is -2.37. The van der Waals surface area contributed by atoms with E-state index in [0.717, 1.165) is 17.0 Å². The maximum Gasteiger partial charge on any atom is 0.281 e. The lowest BCUT2D eigenvalue weighted by molar-refractivity contribution is -0.384. The number of imide groups is 1. The molecule has 3 heterocycles. The molecule has 2 amide bonds. The van der Waals surface area contributed by atoms with Crippen molar-refractivity contribution in [3.8, 4) is 11.3 Å². The quantitative estimate of drug-likeness (QED) is 0.184. The molecule has 3 atom stereocenters. The number of nitro groups is 1. The van der Waals surface area contributed by atoms with Gasteiger partial charge in [0.1, 0.15) is 29.3 Å². The van der Waals surface area contributed by atoms with Gasteiger partial charge in [0.15, 0.2) is 6.10 Å². The molecule has 0 radical (unpaired) electrons. The number of benzene rings is 3. The summed E-state index contributed by atoms with van der Waals surface area (Å²) in [5.41, 5.74) is 0.764. The monoisotopic (exact) mass is 533 g/mol. The third-order valence-electron chi connectivity index (χ3n) is 6.55. The summed E-state index contributed by atoms with van der Waals surface area (Å²) in [7, 11) is 0. The van der Waals surface area contributed by atoms with Gasteiger partial charge < -0.3 is 4.42 Å². The summed E-state index contributed by atoms with van der Waals surface area (Å²) in [6.45, 7) is 0. The van der Waals surface area contributed by atoms with E-state index in [9.17, 15) is 24.1 Å². The predicted octanol–water partition coefficient (Wildman–Crippen LogP) is 5.70. The van der Waals surface area contributed by atoms with Crippen molar-refractivity contribution in [3.05, 3.63) is 112 Å². The average Bonchev–Trinajstić information content (AvgIpc) is 3.60. The number of para-hydroxylation sites is 1. The molecule has 0 bridgehead atoms. The van der Waals surface area contributed by atoms with Gasteiger partial charge in [0.05, 0.1) is 21.9 Å². The third-order valence-corrected chi connectivity index (χ3v) is 6.79. The Morgan fingerprint density at radius 2 is 1.63 bits per heavy atom. The summed E-state index contributed by atoms with van der Waals surface area (Å²) >= 11 is 5.95. The van der Waals surface area contributed by atoms with Gasteiger partial charge >= 0.3 is 0 Å². The Bertz CT molecular complexity index is 1580. The Morgan fingerprint density at radius 1 is 0.895 bits per heavy atom. The third kappa shape index (κ3) is 3.82. The van der Waals surface area contributed by atoms with Crippen molar-refractivity contribution in [1.82, 2.24) is 0 Å². The standard InChI is InChI=1S/C27H17ClFN3O6/c28-15-6-11-19(20(14-15)32(35)36)21-12-13-22(37-21)24-23-25(38-31(24)18-4-2-1-3-5-18)27(34)30(26(23)33)17-9-7-16(29)8-10-17/h1-14,23-25H/t23-,24+,25+/m0/s1. The first-order valence-electron chi connectivity index (χ1n) is 11.5. The number of hydroxylamine groups is 1. The zero-order valence-electron chi connectivity index (χ0n) is 19.4. The van der Waals surface area contributed by atoms with Crippen LogP contribution in [-0.4, -0.2) is 22.8 Å². The van der Waals surface area contributed by atoms with Crippen LogP contribution in [0.2, 0.25) is 5.02 Å². The van der Waals surface area contributed by atoms with E-state index in [4.69, 9.17) is 20.9 Å². The van der Waals surface area contributed by atoms with Crippen LogP contribution in [0.5, 0.6) is 0 Å². The van der Waals surface area contributed by atoms with E-state index in [-0.39, 0.29) is 33.5 Å². The van der Waals surface area contributed by atoms with Crippen molar-refractivity contribution in [2.45, 2.75) is 12.1 Å². The van der Waals surface area contributed by atoms with Gasteiger partial charge in [0.2, 0.25) is 5.91 Å². The molecule has 2 saturated heterocycles. The normalized spacial score (nSPS) is 20.7. The molecule has 38 heavy (non-hydrogen) atoms. The lowest BCUT2D eigenvalue weighted by Gasteiger charge is -2.27. The Labute approximate surface area is 219 Å². The average molecular weight is 534 g/mol. The molecule has 6 rings (SSSR count). The highest BCUT2D eigenvalue weighted by Gasteiger charge is 2.61. The summed E-state index contributed by atoms with van der Waals surface area (Å²) in [5.74, 6) is -2.17. The van der Waals surface area contributed by atoms with E-state index in [2.05, 4.69) is 0 Å². The highest BCUT2D eigenvalue weighted by Crippen LogP contribution is 2.48. The van der Waals surface area contributed by atoms with Crippen molar-refractivity contribution in [2.75, 3.05) is 9.96 Å². The van der Waals surface area contributed by atoms with Crippen molar-refractivity contribution >= 4 is 40.5 Å². The number of fused-ring (bicyclic) bond motifs is 1. The second kappa shape index (κ2) is 9.09. The number of furan rings is 1. The molecule has 3 aromatic carbocycles. The van der Waals surface area contributed by atoms with Crippen molar-refractivity contribution in [1.29, 1.82) is 0 Å². The van der Waals surface area contributed by atoms with Crippen molar-refractivity contribution in [3.63, 3.8) is 0 Å². The Hall–Kier alpha value is -4.54. The van der Waals surface area contributed by atoms with E-state index >= 15 is 0 Å². The SMILES string of the molecule is O=C1[C@H]2[C@@H](c3ccc(-c4ccc(Cl)cc4[N+](=O)[O-])o3)N(c3ccccc3)O[C@H]2C(=O)N1c1ccc(F)cc1. The van der Waals surface area contributed by atoms with Crippen LogP contribution in [0.1, 0.15) is 11.8 Å². The fraction of sp³-hybridized carbons (Fsp3) is 0.111. The van der Waals surface area contributed by atoms with E-state index in [1.165, 1.54) is 35.4 Å². The van der Waals surface area contributed by atoms with Gasteiger partial charge in [-0.15, -0.1) is 0 Å². The molecule has 0 N–H and O–H groups in total. The van der Waals surface area contributed by atoms with Crippen LogP contribution in [0.15, 0.2) is 89.3 Å². The number of amides is 2. The first kappa shape index (κ1) is 23.8. The Balaban J connectivity index is 1.43. The van der Waals surface area contributed by atoms with Crippen LogP contribution >= 0.6 is 11.6 Å². The maximum atomic E-state index is 13.7.